The zero-order valence-corrected chi connectivity index (χ0v) is 16.0. The van der Waals surface area contributed by atoms with E-state index in [9.17, 15) is 4.79 Å². The molecule has 1 amide bonds. The van der Waals surface area contributed by atoms with Gasteiger partial charge in [0, 0.05) is 20.6 Å². The van der Waals surface area contributed by atoms with Crippen molar-refractivity contribution in [1.82, 2.24) is 19.4 Å². The molecule has 0 radical (unpaired) electrons. The maximum atomic E-state index is 12.7. The zero-order valence-electron chi connectivity index (χ0n) is 16.0. The smallest absolute Gasteiger partial charge is 0.236 e. The second kappa shape index (κ2) is 7.53. The number of fused-ring (bicyclic) bond motifs is 1. The summed E-state index contributed by atoms with van der Waals surface area (Å²) in [5, 5.41) is 0. The number of likely N-dealkylation sites (tertiary alicyclic amines) is 1. The van der Waals surface area contributed by atoms with Crippen LogP contribution in [0.4, 0.5) is 0 Å². The number of benzene rings is 2. The van der Waals surface area contributed by atoms with Crippen LogP contribution in [0.15, 0.2) is 54.6 Å². The Morgan fingerprint density at radius 2 is 1.89 bits per heavy atom. The van der Waals surface area contributed by atoms with Crippen molar-refractivity contribution in [2.45, 2.75) is 18.9 Å². The van der Waals surface area contributed by atoms with Gasteiger partial charge in [-0.15, -0.1) is 0 Å². The van der Waals surface area contributed by atoms with E-state index in [0.29, 0.717) is 19.0 Å². The summed E-state index contributed by atoms with van der Waals surface area (Å²) in [5.74, 6) is 1.59. The number of imidazole rings is 1. The molecule has 5 nitrogen and oxygen atoms in total. The summed E-state index contributed by atoms with van der Waals surface area (Å²) in [4.78, 5) is 21.5. The molecular weight excluding hydrogens is 336 g/mol. The van der Waals surface area contributed by atoms with Crippen LogP contribution >= 0.6 is 0 Å². The van der Waals surface area contributed by atoms with Gasteiger partial charge < -0.3 is 9.47 Å². The maximum Gasteiger partial charge on any atom is 0.236 e. The maximum absolute atomic E-state index is 12.7. The molecule has 27 heavy (non-hydrogen) atoms. The number of likely N-dealkylation sites (N-methyl/N-ethyl adjacent to an activating group) is 1. The minimum atomic E-state index is 0.149. The van der Waals surface area contributed by atoms with E-state index >= 15 is 0 Å². The average molecular weight is 362 g/mol. The van der Waals surface area contributed by atoms with Crippen LogP contribution in [0.2, 0.25) is 0 Å². The molecule has 1 atom stereocenters. The van der Waals surface area contributed by atoms with Crippen molar-refractivity contribution in [3.8, 4) is 0 Å². The number of nitrogens with zero attached hydrogens (tertiary/aromatic N) is 4. The Hall–Kier alpha value is -2.66. The molecule has 0 bridgehead atoms. The molecule has 140 valence electrons. The van der Waals surface area contributed by atoms with Gasteiger partial charge in [0.1, 0.15) is 5.82 Å². The van der Waals surface area contributed by atoms with Crippen molar-refractivity contribution in [3.05, 3.63) is 66.0 Å². The number of carbonyl (C=O) groups excluding carboxylic acids is 1. The lowest BCUT2D eigenvalue weighted by Gasteiger charge is -2.21. The number of rotatable bonds is 5. The summed E-state index contributed by atoms with van der Waals surface area (Å²) in [6.45, 7) is 2.94. The Kier molecular flexibility index (Phi) is 4.94. The second-order valence-electron chi connectivity index (χ2n) is 7.46. The summed E-state index contributed by atoms with van der Waals surface area (Å²) in [6.07, 6.45) is 1.12. The number of aryl methyl sites for hydroxylation is 1. The Bertz CT molecular complexity index is 934. The highest BCUT2D eigenvalue weighted by Gasteiger charge is 2.26. The quantitative estimate of drug-likeness (QED) is 0.701. The van der Waals surface area contributed by atoms with Gasteiger partial charge in [-0.25, -0.2) is 4.98 Å². The van der Waals surface area contributed by atoms with Crippen LogP contribution in [0.5, 0.6) is 0 Å². The van der Waals surface area contributed by atoms with Gasteiger partial charge in [-0.05, 0) is 36.6 Å². The summed E-state index contributed by atoms with van der Waals surface area (Å²) < 4.78 is 2.07. The summed E-state index contributed by atoms with van der Waals surface area (Å²) in [6, 6.07) is 18.7. The molecule has 0 saturated carbocycles. The Labute approximate surface area is 160 Å². The summed E-state index contributed by atoms with van der Waals surface area (Å²) in [5.41, 5.74) is 3.44. The van der Waals surface area contributed by atoms with E-state index in [2.05, 4.69) is 50.8 Å². The first kappa shape index (κ1) is 17.7. The van der Waals surface area contributed by atoms with Crippen LogP contribution in [-0.4, -0.2) is 51.9 Å². The first-order valence-corrected chi connectivity index (χ1v) is 9.53. The van der Waals surface area contributed by atoms with Crippen LogP contribution in [0.1, 0.15) is 23.7 Å². The number of carbonyl (C=O) groups is 1. The summed E-state index contributed by atoms with van der Waals surface area (Å²) in [7, 11) is 3.88. The van der Waals surface area contributed by atoms with Gasteiger partial charge in [-0.2, -0.15) is 0 Å². The summed E-state index contributed by atoms with van der Waals surface area (Å²) >= 11 is 0. The minimum Gasteiger partial charge on any atom is -0.337 e. The van der Waals surface area contributed by atoms with E-state index < -0.39 is 0 Å². The van der Waals surface area contributed by atoms with Crippen molar-refractivity contribution >= 4 is 16.9 Å². The number of hydrogen-bond acceptors (Lipinski definition) is 3. The van der Waals surface area contributed by atoms with Gasteiger partial charge in [0.15, 0.2) is 0 Å². The zero-order chi connectivity index (χ0) is 18.8. The minimum absolute atomic E-state index is 0.149. The highest BCUT2D eigenvalue weighted by atomic mass is 16.2. The molecule has 1 saturated heterocycles. The average Bonchev–Trinajstić information content (AvgIpc) is 3.28. The van der Waals surface area contributed by atoms with Gasteiger partial charge in [0.2, 0.25) is 5.91 Å². The van der Waals surface area contributed by atoms with Crippen molar-refractivity contribution in [3.63, 3.8) is 0 Å². The van der Waals surface area contributed by atoms with Crippen molar-refractivity contribution in [1.29, 1.82) is 0 Å². The molecule has 0 spiro atoms. The number of hydrogen-bond donors (Lipinski definition) is 0. The fourth-order valence-electron chi connectivity index (χ4n) is 3.92. The fourth-order valence-corrected chi connectivity index (χ4v) is 3.92. The molecule has 0 aliphatic carbocycles. The molecule has 0 N–H and O–H groups in total. The van der Waals surface area contributed by atoms with Gasteiger partial charge in [-0.3, -0.25) is 9.69 Å². The molecule has 4 rings (SSSR count). The lowest BCUT2D eigenvalue weighted by atomic mass is 9.99. The molecule has 2 heterocycles. The Morgan fingerprint density at radius 1 is 1.15 bits per heavy atom. The standard InChI is InChI=1S/C22H26N4O/c1-24(15-21-23-19-10-6-7-11-20(19)25(21)2)22(27)16-26-13-12-18(14-26)17-8-4-3-5-9-17/h3-11,18H,12-16H2,1-2H3/t18-/m1/s1. The lowest BCUT2D eigenvalue weighted by Crippen LogP contribution is -2.37. The van der Waals surface area contributed by atoms with Crippen molar-refractivity contribution in [2.24, 2.45) is 7.05 Å². The predicted molar refractivity (Wildman–Crippen MR) is 107 cm³/mol. The molecular formula is C22H26N4O. The van der Waals surface area contributed by atoms with Gasteiger partial charge in [0.25, 0.3) is 0 Å². The number of amides is 1. The first-order chi connectivity index (χ1) is 13.1. The topological polar surface area (TPSA) is 41.4 Å². The van der Waals surface area contributed by atoms with E-state index in [4.69, 9.17) is 0 Å². The largest absolute Gasteiger partial charge is 0.337 e. The van der Waals surface area contributed by atoms with Crippen LogP contribution in [0.3, 0.4) is 0 Å². The fraction of sp³-hybridized carbons (Fsp3) is 0.364. The molecule has 1 fully saturated rings. The molecule has 3 aromatic rings. The van der Waals surface area contributed by atoms with E-state index in [1.165, 1.54) is 5.56 Å². The normalized spacial score (nSPS) is 17.5. The Morgan fingerprint density at radius 3 is 2.67 bits per heavy atom. The highest BCUT2D eigenvalue weighted by Crippen LogP contribution is 2.26. The molecule has 1 aliphatic rings. The number of aromatic nitrogens is 2. The Balaban J connectivity index is 1.36. The molecule has 1 aliphatic heterocycles. The van der Waals surface area contributed by atoms with Gasteiger partial charge >= 0.3 is 0 Å². The predicted octanol–water partition coefficient (Wildman–Crippen LogP) is 3.02. The number of para-hydroxylation sites is 2. The molecule has 2 aromatic carbocycles. The third-order valence-corrected chi connectivity index (χ3v) is 5.59. The van der Waals surface area contributed by atoms with E-state index in [1.807, 2.05) is 32.3 Å². The molecule has 0 unspecified atom stereocenters. The van der Waals surface area contributed by atoms with E-state index in [0.717, 1.165) is 36.4 Å². The third kappa shape index (κ3) is 3.74. The molecule has 1 aromatic heterocycles. The van der Waals surface area contributed by atoms with Crippen LogP contribution in [0, 0.1) is 0 Å². The van der Waals surface area contributed by atoms with Crippen molar-refractivity contribution in [2.75, 3.05) is 26.7 Å². The first-order valence-electron chi connectivity index (χ1n) is 9.53. The van der Waals surface area contributed by atoms with Crippen LogP contribution < -0.4 is 0 Å². The van der Waals surface area contributed by atoms with Gasteiger partial charge in [-0.1, -0.05) is 42.5 Å². The van der Waals surface area contributed by atoms with Crippen LogP contribution in [0.25, 0.3) is 11.0 Å². The van der Waals surface area contributed by atoms with E-state index in [-0.39, 0.29) is 5.91 Å². The third-order valence-electron chi connectivity index (χ3n) is 5.59. The molecule has 5 heteroatoms. The SMILES string of the molecule is CN(Cc1nc2ccccc2n1C)C(=O)CN1CC[C@@H](c2ccccc2)C1. The van der Waals surface area contributed by atoms with E-state index in [1.54, 1.807) is 4.90 Å². The van der Waals surface area contributed by atoms with Crippen LogP contribution in [-0.2, 0) is 18.4 Å². The lowest BCUT2D eigenvalue weighted by molar-refractivity contribution is -0.131. The van der Waals surface area contributed by atoms with Gasteiger partial charge in [0.05, 0.1) is 24.1 Å². The highest BCUT2D eigenvalue weighted by molar-refractivity contribution is 5.78. The van der Waals surface area contributed by atoms with Crippen molar-refractivity contribution < 1.29 is 4.79 Å². The monoisotopic (exact) mass is 362 g/mol. The second-order valence-corrected chi connectivity index (χ2v) is 7.46.